The number of carbonyl (C=O) groups excluding carboxylic acids is 1. The summed E-state index contributed by atoms with van der Waals surface area (Å²) < 4.78 is 58.5. The molecule has 2 unspecified atom stereocenters. The molecule has 2 aromatic heterocycles. The first-order chi connectivity index (χ1) is 15.6. The van der Waals surface area contributed by atoms with Gasteiger partial charge in [-0.15, -0.1) is 0 Å². The number of hydrogen-bond acceptors (Lipinski definition) is 4. The Balaban J connectivity index is 0.000000194. The number of ether oxygens (including phenoxy) is 1. The highest BCUT2D eigenvalue weighted by atomic mass is 19.3. The normalized spacial score (nSPS) is 19.5. The van der Waals surface area contributed by atoms with Gasteiger partial charge < -0.3 is 15.5 Å². The second kappa shape index (κ2) is 9.60. The van der Waals surface area contributed by atoms with Crippen molar-refractivity contribution in [1.29, 1.82) is 0 Å². The summed E-state index contributed by atoms with van der Waals surface area (Å²) in [5.41, 5.74) is 5.87. The van der Waals surface area contributed by atoms with E-state index in [1.807, 2.05) is 0 Å². The van der Waals surface area contributed by atoms with E-state index in [4.69, 9.17) is 10.5 Å². The number of pyridine rings is 2. The summed E-state index contributed by atoms with van der Waals surface area (Å²) in [6, 6.07) is 5.39. The lowest BCUT2D eigenvalue weighted by molar-refractivity contribution is -0.0831. The highest BCUT2D eigenvalue weighted by Crippen LogP contribution is 2.47. The second-order valence-corrected chi connectivity index (χ2v) is 7.91. The van der Waals surface area contributed by atoms with Crippen molar-refractivity contribution in [3.8, 4) is 5.75 Å². The fraction of sp³-hybridized carbons (Fsp3) is 0.348. The van der Waals surface area contributed by atoms with Gasteiger partial charge in [0, 0.05) is 36.4 Å². The second-order valence-electron chi connectivity index (χ2n) is 7.91. The molecule has 4 rings (SSSR count). The van der Waals surface area contributed by atoms with Gasteiger partial charge in [-0.1, -0.05) is 13.0 Å². The smallest absolute Gasteiger partial charge is 0.268 e. The highest BCUT2D eigenvalue weighted by molar-refractivity contribution is 6.03. The lowest BCUT2D eigenvalue weighted by Crippen LogP contribution is -2.32. The Morgan fingerprint density at radius 3 is 2.61 bits per heavy atom. The molecule has 0 bridgehead atoms. The number of nitrogens with zero attached hydrogens (tertiary/aromatic N) is 1. The third kappa shape index (κ3) is 4.99. The Kier molecular flexibility index (Phi) is 7.04. The van der Waals surface area contributed by atoms with Crippen molar-refractivity contribution in [3.05, 3.63) is 69.8 Å². The van der Waals surface area contributed by atoms with Crippen LogP contribution >= 0.6 is 0 Å². The van der Waals surface area contributed by atoms with Crippen molar-refractivity contribution in [1.82, 2.24) is 9.97 Å². The minimum atomic E-state index is -2.68. The number of fused-ring (bicyclic) bond motifs is 1. The van der Waals surface area contributed by atoms with Crippen LogP contribution in [0.3, 0.4) is 0 Å². The zero-order chi connectivity index (χ0) is 24.3. The molecule has 1 aliphatic carbocycles. The maximum absolute atomic E-state index is 13.6. The fourth-order valence-corrected chi connectivity index (χ4v) is 4.00. The van der Waals surface area contributed by atoms with Crippen LogP contribution in [-0.2, 0) is 0 Å². The zero-order valence-corrected chi connectivity index (χ0v) is 18.0. The van der Waals surface area contributed by atoms with E-state index in [2.05, 4.69) is 9.97 Å². The van der Waals surface area contributed by atoms with Gasteiger partial charge in [0.25, 0.3) is 11.8 Å². The molecule has 176 valence electrons. The number of nitrogens with two attached hydrogens (primary N) is 1. The highest BCUT2D eigenvalue weighted by Gasteiger charge is 2.42. The van der Waals surface area contributed by atoms with Gasteiger partial charge >= 0.3 is 0 Å². The van der Waals surface area contributed by atoms with Crippen LogP contribution in [-0.4, -0.2) is 28.9 Å². The number of carbonyl (C=O) groups is 1. The van der Waals surface area contributed by atoms with E-state index in [-0.39, 0.29) is 47.4 Å². The van der Waals surface area contributed by atoms with E-state index in [0.29, 0.717) is 11.1 Å². The van der Waals surface area contributed by atoms with Crippen molar-refractivity contribution >= 4 is 16.8 Å². The SMILES string of the molecule is COc1c(C2CCC(F)(F)C(C)C2)ccc(F)c1F.NC(=O)c1nccc2[nH]ccc(=O)c12. The summed E-state index contributed by atoms with van der Waals surface area (Å²) in [5, 5.41) is 0.238. The number of methoxy groups -OCH3 is 1. The summed E-state index contributed by atoms with van der Waals surface area (Å²) in [5.74, 6) is -6.58. The first-order valence-electron chi connectivity index (χ1n) is 10.2. The van der Waals surface area contributed by atoms with Gasteiger partial charge in [0.2, 0.25) is 5.82 Å². The van der Waals surface area contributed by atoms with Crippen LogP contribution in [0.2, 0.25) is 0 Å². The lowest BCUT2D eigenvalue weighted by Gasteiger charge is -2.34. The van der Waals surface area contributed by atoms with E-state index in [1.165, 1.54) is 38.6 Å². The molecule has 10 heteroatoms. The number of aromatic nitrogens is 2. The van der Waals surface area contributed by atoms with Crippen LogP contribution in [0.25, 0.3) is 10.9 Å². The molecule has 1 fully saturated rings. The molecule has 0 saturated heterocycles. The molecule has 2 heterocycles. The zero-order valence-electron chi connectivity index (χ0n) is 18.0. The van der Waals surface area contributed by atoms with Crippen molar-refractivity contribution in [2.75, 3.05) is 7.11 Å². The van der Waals surface area contributed by atoms with Gasteiger partial charge in [-0.05, 0) is 30.9 Å². The van der Waals surface area contributed by atoms with Gasteiger partial charge in [-0.25, -0.2) is 13.2 Å². The quantitative estimate of drug-likeness (QED) is 0.555. The standard InChI is InChI=1S/C14H16F4O.C9H7N3O2/c1-8-7-9(5-6-14(8,17)18)10-3-4-11(15)12(16)13(10)19-2;10-9(14)8-7-5(1-3-12-8)11-4-2-6(7)13/h3-4,8-9H,5-7H2,1-2H3;1-4H,(H2,10,14)(H,11,13). The van der Waals surface area contributed by atoms with Crippen LogP contribution in [0.15, 0.2) is 41.5 Å². The summed E-state index contributed by atoms with van der Waals surface area (Å²) in [4.78, 5) is 29.0. The number of aromatic amines is 1. The lowest BCUT2D eigenvalue weighted by atomic mass is 9.76. The molecule has 2 atom stereocenters. The van der Waals surface area contributed by atoms with Gasteiger partial charge in [0.1, 0.15) is 5.69 Å². The van der Waals surface area contributed by atoms with E-state index >= 15 is 0 Å². The van der Waals surface area contributed by atoms with E-state index in [9.17, 15) is 27.2 Å². The van der Waals surface area contributed by atoms with Crippen LogP contribution in [0.4, 0.5) is 17.6 Å². The Morgan fingerprint density at radius 1 is 1.24 bits per heavy atom. The third-order valence-electron chi connectivity index (χ3n) is 5.81. The maximum atomic E-state index is 13.6. The molecule has 6 nitrogen and oxygen atoms in total. The van der Waals surface area contributed by atoms with Crippen LogP contribution in [0, 0.1) is 17.6 Å². The van der Waals surface area contributed by atoms with Crippen molar-refractivity contribution in [3.63, 3.8) is 0 Å². The average Bonchev–Trinajstić information content (AvgIpc) is 2.78. The molecule has 1 aliphatic rings. The van der Waals surface area contributed by atoms with E-state index in [1.54, 1.807) is 6.07 Å². The largest absolute Gasteiger partial charge is 0.493 e. The summed E-state index contributed by atoms with van der Waals surface area (Å²) >= 11 is 0. The Labute approximate surface area is 186 Å². The first-order valence-corrected chi connectivity index (χ1v) is 10.2. The number of hydrogen-bond donors (Lipinski definition) is 2. The predicted octanol–water partition coefficient (Wildman–Crippen LogP) is 4.53. The van der Waals surface area contributed by atoms with Crippen LogP contribution in [0.5, 0.6) is 5.75 Å². The number of H-pyrrole nitrogens is 1. The molecule has 3 aromatic rings. The third-order valence-corrected chi connectivity index (χ3v) is 5.81. The molecule has 0 aliphatic heterocycles. The fourth-order valence-electron chi connectivity index (χ4n) is 4.00. The van der Waals surface area contributed by atoms with Crippen molar-refractivity contribution in [2.24, 2.45) is 11.7 Å². The molecule has 33 heavy (non-hydrogen) atoms. The minimum Gasteiger partial charge on any atom is -0.493 e. The van der Waals surface area contributed by atoms with Gasteiger partial charge in [0.05, 0.1) is 18.0 Å². The Bertz CT molecular complexity index is 1220. The Morgan fingerprint density at radius 2 is 1.97 bits per heavy atom. The molecule has 1 amide bonds. The minimum absolute atomic E-state index is 0.00403. The van der Waals surface area contributed by atoms with Gasteiger partial charge in [-0.2, -0.15) is 4.39 Å². The number of nitrogens with one attached hydrogen (secondary N) is 1. The molecular weight excluding hydrogens is 442 g/mol. The number of alkyl halides is 2. The number of rotatable bonds is 3. The molecule has 1 saturated carbocycles. The topological polar surface area (TPSA) is 98.1 Å². The number of benzene rings is 1. The van der Waals surface area contributed by atoms with Crippen LogP contribution in [0.1, 0.15) is 48.2 Å². The first kappa shape index (κ1) is 24.2. The molecule has 0 spiro atoms. The summed E-state index contributed by atoms with van der Waals surface area (Å²) in [6.07, 6.45) is 3.20. The monoisotopic (exact) mass is 465 g/mol. The van der Waals surface area contributed by atoms with Crippen LogP contribution < -0.4 is 15.9 Å². The van der Waals surface area contributed by atoms with E-state index < -0.39 is 29.4 Å². The molecule has 3 N–H and O–H groups in total. The molecule has 0 radical (unpaired) electrons. The average molecular weight is 465 g/mol. The van der Waals surface area contributed by atoms with Gasteiger partial charge in [0.15, 0.2) is 17.0 Å². The van der Waals surface area contributed by atoms with Crippen molar-refractivity contribution in [2.45, 2.75) is 38.0 Å². The predicted molar refractivity (Wildman–Crippen MR) is 114 cm³/mol. The summed E-state index contributed by atoms with van der Waals surface area (Å²) in [7, 11) is 1.25. The summed E-state index contributed by atoms with van der Waals surface area (Å²) in [6.45, 7) is 1.48. The number of amides is 1. The maximum Gasteiger partial charge on any atom is 0.268 e. The Hall–Kier alpha value is -3.43. The number of halogens is 4. The van der Waals surface area contributed by atoms with E-state index in [0.717, 1.165) is 6.07 Å². The molecule has 1 aromatic carbocycles. The molecular formula is C23H23F4N3O3. The van der Waals surface area contributed by atoms with Crippen molar-refractivity contribution < 1.29 is 27.1 Å². The van der Waals surface area contributed by atoms with Gasteiger partial charge in [-0.3, -0.25) is 14.6 Å². The number of primary amides is 1.